The number of alkyl halides is 2. The molecule has 6 heterocycles. The van der Waals surface area contributed by atoms with Crippen LogP contribution in [0.25, 0.3) is 43.9 Å². The molecule has 254 valence electrons. The summed E-state index contributed by atoms with van der Waals surface area (Å²) in [5.41, 5.74) is 2.47. The van der Waals surface area contributed by atoms with E-state index in [-0.39, 0.29) is 66.0 Å². The van der Waals surface area contributed by atoms with Gasteiger partial charge in [0.25, 0.3) is 0 Å². The minimum Gasteiger partial charge on any atom is -0.490 e. The van der Waals surface area contributed by atoms with Gasteiger partial charge in [-0.1, -0.05) is 6.58 Å². The van der Waals surface area contributed by atoms with Gasteiger partial charge < -0.3 is 14.7 Å². The molecule has 49 heavy (non-hydrogen) atoms. The van der Waals surface area contributed by atoms with Gasteiger partial charge in [-0.05, 0) is 56.1 Å². The third kappa shape index (κ3) is 5.57. The second-order valence-electron chi connectivity index (χ2n) is 12.4. The number of aromatic nitrogens is 4. The average Bonchev–Trinajstić information content (AvgIpc) is 3.73. The second-order valence-corrected chi connectivity index (χ2v) is 13.3. The molecule has 2 aliphatic rings. The predicted octanol–water partition coefficient (Wildman–Crippen LogP) is 6.73. The molecule has 9 nitrogen and oxygen atoms in total. The molecule has 7 rings (SSSR count). The molecule has 5 aromatic rings. The predicted molar refractivity (Wildman–Crippen MR) is 177 cm³/mol. The lowest BCUT2D eigenvalue weighted by atomic mass is 9.95. The first kappa shape index (κ1) is 32.9. The van der Waals surface area contributed by atoms with Gasteiger partial charge >= 0.3 is 5.92 Å². The lowest BCUT2D eigenvalue weighted by Gasteiger charge is -2.36. The number of pyridine rings is 2. The van der Waals surface area contributed by atoms with E-state index in [1.165, 1.54) is 28.5 Å². The van der Waals surface area contributed by atoms with Crippen molar-refractivity contribution < 1.29 is 32.2 Å². The summed E-state index contributed by atoms with van der Waals surface area (Å²) in [4.78, 5) is 25.2. The Bertz CT molecular complexity index is 2130. The van der Waals surface area contributed by atoms with Gasteiger partial charge in [-0.25, -0.2) is 13.8 Å². The molecule has 0 saturated heterocycles. The number of benzene rings is 1. The molecule has 0 saturated carbocycles. The minimum atomic E-state index is -3.13. The van der Waals surface area contributed by atoms with Crippen LogP contribution < -0.4 is 4.74 Å². The van der Waals surface area contributed by atoms with Crippen molar-refractivity contribution in [2.45, 2.75) is 38.4 Å². The molecule has 1 N–H and O–H groups in total. The molecule has 2 atom stereocenters. The van der Waals surface area contributed by atoms with Crippen LogP contribution in [0.1, 0.15) is 42.9 Å². The Hall–Kier alpha value is -4.66. The number of aliphatic hydroxyl groups is 1. The van der Waals surface area contributed by atoms with Gasteiger partial charge in [0.1, 0.15) is 41.1 Å². The number of likely N-dealkylation sites (N-methyl/N-ethyl adjacent to an activating group) is 1. The molecule has 4 aromatic heterocycles. The number of carbonyl (C=O) groups is 1. The van der Waals surface area contributed by atoms with E-state index in [9.17, 15) is 23.1 Å². The van der Waals surface area contributed by atoms with E-state index < -0.39 is 24.1 Å². The summed E-state index contributed by atoms with van der Waals surface area (Å²) in [7, 11) is 1.62. The molecular weight excluding hydrogens is 660 g/mol. The monoisotopic (exact) mass is 692 g/mol. The summed E-state index contributed by atoms with van der Waals surface area (Å²) in [6.07, 6.45) is 2.63. The first-order valence-corrected chi connectivity index (χ1v) is 16.5. The van der Waals surface area contributed by atoms with E-state index in [1.807, 2.05) is 13.8 Å². The third-order valence-electron chi connectivity index (χ3n) is 8.96. The molecule has 1 amide bonds. The molecule has 0 bridgehead atoms. The van der Waals surface area contributed by atoms with Crippen LogP contribution in [0.4, 0.5) is 17.6 Å². The number of halogens is 4. The molecule has 0 fully saturated rings. The van der Waals surface area contributed by atoms with E-state index in [2.05, 4.69) is 11.6 Å². The standard InChI is InChI=1S/C35H32F4N6O3S/c1-5-28(47)44-15-18(2)45-26(19(44)3)13-25(42-45)32-30(29-24(37)11-22(36)12-27(29)48-8-7-46)33-23(6-9-49-33)31(41-32)20-10-21-16-43(4)17-35(38,39)34(21)40-14-20/h5-6,9-14,18-19,46H,1,7-8,15-17H2,2-4H3. The van der Waals surface area contributed by atoms with Crippen LogP contribution >= 0.6 is 11.3 Å². The summed E-state index contributed by atoms with van der Waals surface area (Å²) < 4.78 is 68.5. The van der Waals surface area contributed by atoms with Crippen LogP contribution in [-0.4, -0.2) is 73.9 Å². The third-order valence-corrected chi connectivity index (χ3v) is 9.89. The SMILES string of the molecule is C=CC(=O)N1CC(C)n2nc(-c3nc(-c4cnc5c(c4)CN(C)CC5(F)F)c4ccsc4c3-c3c(F)cc(F)cc3OCCO)cc2C1C. The highest BCUT2D eigenvalue weighted by Crippen LogP contribution is 2.48. The smallest absolute Gasteiger partial charge is 0.302 e. The first-order valence-electron chi connectivity index (χ1n) is 15.6. The highest BCUT2D eigenvalue weighted by molar-refractivity contribution is 7.18. The lowest BCUT2D eigenvalue weighted by molar-refractivity contribution is -0.129. The van der Waals surface area contributed by atoms with E-state index >= 15 is 4.39 Å². The zero-order chi connectivity index (χ0) is 34.8. The van der Waals surface area contributed by atoms with Gasteiger partial charge in [0.15, 0.2) is 0 Å². The summed E-state index contributed by atoms with van der Waals surface area (Å²) in [6, 6.07) is 6.43. The van der Waals surface area contributed by atoms with Crippen molar-refractivity contribution in [1.82, 2.24) is 29.5 Å². The lowest BCUT2D eigenvalue weighted by Crippen LogP contribution is -2.42. The fourth-order valence-corrected chi connectivity index (χ4v) is 7.79. The van der Waals surface area contributed by atoms with E-state index in [0.717, 1.165) is 12.1 Å². The Morgan fingerprint density at radius 2 is 1.98 bits per heavy atom. The Kier molecular flexibility index (Phi) is 8.28. The number of rotatable bonds is 7. The van der Waals surface area contributed by atoms with Crippen LogP contribution in [0.15, 0.2) is 54.6 Å². The van der Waals surface area contributed by atoms with Gasteiger partial charge in [-0.3, -0.25) is 19.4 Å². The van der Waals surface area contributed by atoms with Gasteiger partial charge in [-0.15, -0.1) is 11.3 Å². The Morgan fingerprint density at radius 3 is 2.73 bits per heavy atom. The number of nitrogens with zero attached hydrogens (tertiary/aromatic N) is 6. The van der Waals surface area contributed by atoms with Crippen molar-refractivity contribution in [2.24, 2.45) is 0 Å². The maximum absolute atomic E-state index is 16.0. The van der Waals surface area contributed by atoms with Crippen LogP contribution in [0.5, 0.6) is 5.75 Å². The molecule has 0 aliphatic carbocycles. The Labute approximate surface area is 283 Å². The van der Waals surface area contributed by atoms with E-state index in [1.54, 1.807) is 40.2 Å². The molecular formula is C35H32F4N6O3S. The normalized spacial score (nSPS) is 18.7. The number of thiophene rings is 1. The fraction of sp³-hybridized carbons (Fsp3) is 0.314. The van der Waals surface area contributed by atoms with Crippen LogP contribution in [0, 0.1) is 11.6 Å². The number of hydrogen-bond acceptors (Lipinski definition) is 8. The van der Waals surface area contributed by atoms with Crippen molar-refractivity contribution in [1.29, 1.82) is 0 Å². The maximum atomic E-state index is 16.0. The topological polar surface area (TPSA) is 96.6 Å². The Morgan fingerprint density at radius 1 is 1.18 bits per heavy atom. The van der Waals surface area contributed by atoms with Crippen LogP contribution in [-0.2, 0) is 17.3 Å². The van der Waals surface area contributed by atoms with Crippen LogP contribution in [0.3, 0.4) is 0 Å². The molecule has 2 unspecified atom stereocenters. The van der Waals surface area contributed by atoms with Gasteiger partial charge in [0.05, 0.1) is 42.2 Å². The maximum Gasteiger partial charge on any atom is 0.302 e. The fourth-order valence-electron chi connectivity index (χ4n) is 6.84. The van der Waals surface area contributed by atoms with Crippen molar-refractivity contribution in [3.63, 3.8) is 0 Å². The Balaban J connectivity index is 1.51. The quantitative estimate of drug-likeness (QED) is 0.149. The number of carbonyl (C=O) groups excluding carboxylic acids is 1. The summed E-state index contributed by atoms with van der Waals surface area (Å²) in [6.45, 7) is 7.02. The highest BCUT2D eigenvalue weighted by atomic mass is 32.1. The van der Waals surface area contributed by atoms with Crippen molar-refractivity contribution >= 4 is 27.3 Å². The first-order chi connectivity index (χ1) is 23.4. The number of amides is 1. The summed E-state index contributed by atoms with van der Waals surface area (Å²) >= 11 is 1.29. The molecule has 2 aliphatic heterocycles. The van der Waals surface area contributed by atoms with Gasteiger partial charge in [-0.2, -0.15) is 13.9 Å². The molecule has 0 radical (unpaired) electrons. The van der Waals surface area contributed by atoms with E-state index in [0.29, 0.717) is 44.8 Å². The van der Waals surface area contributed by atoms with Crippen molar-refractivity contribution in [3.05, 3.63) is 83.1 Å². The van der Waals surface area contributed by atoms with Gasteiger partial charge in [0.2, 0.25) is 5.91 Å². The summed E-state index contributed by atoms with van der Waals surface area (Å²) in [5.74, 6) is -5.27. The molecule has 14 heteroatoms. The zero-order valence-electron chi connectivity index (χ0n) is 26.9. The number of aliphatic hydroxyl groups excluding tert-OH is 1. The number of fused-ring (bicyclic) bond motifs is 3. The average molecular weight is 693 g/mol. The summed E-state index contributed by atoms with van der Waals surface area (Å²) in [5, 5.41) is 16.8. The minimum absolute atomic E-state index is 0.0725. The number of ether oxygens (including phenoxy) is 1. The molecule has 1 aromatic carbocycles. The van der Waals surface area contributed by atoms with Gasteiger partial charge in [0, 0.05) is 52.6 Å². The van der Waals surface area contributed by atoms with Crippen molar-refractivity contribution in [2.75, 3.05) is 33.4 Å². The highest BCUT2D eigenvalue weighted by Gasteiger charge is 2.41. The molecule has 0 spiro atoms. The second kappa shape index (κ2) is 12.3. The largest absolute Gasteiger partial charge is 0.490 e. The van der Waals surface area contributed by atoms with Crippen LogP contribution in [0.2, 0.25) is 0 Å². The zero-order valence-corrected chi connectivity index (χ0v) is 27.7. The van der Waals surface area contributed by atoms with E-state index in [4.69, 9.17) is 14.8 Å². The number of hydrogen-bond donors (Lipinski definition) is 1. The van der Waals surface area contributed by atoms with Crippen molar-refractivity contribution in [3.8, 4) is 39.5 Å².